The van der Waals surface area contributed by atoms with Gasteiger partial charge in [0.05, 0.1) is 19.3 Å². The van der Waals surface area contributed by atoms with Crippen molar-refractivity contribution in [2.75, 3.05) is 39.8 Å². The molecule has 0 aromatic heterocycles. The van der Waals surface area contributed by atoms with Gasteiger partial charge in [0.2, 0.25) is 5.91 Å². The van der Waals surface area contributed by atoms with E-state index in [9.17, 15) is 18.4 Å². The number of amides is 1. The van der Waals surface area contributed by atoms with Gasteiger partial charge in [0.15, 0.2) is 11.6 Å². The molecule has 0 radical (unpaired) electrons. The van der Waals surface area contributed by atoms with Crippen LogP contribution in [-0.2, 0) is 20.7 Å². The summed E-state index contributed by atoms with van der Waals surface area (Å²) in [5.74, 6) is -2.91. The van der Waals surface area contributed by atoms with E-state index in [1.807, 2.05) is 0 Å². The standard InChI is InChI=1S/C17H22F2N2O4/c1-20(11-16(23)24)9-13-10-21(7-8-25-13)15(22)6-5-12-3-2-4-14(18)17(12)19/h2-4,13H,5-11H2,1H3,(H,23,24)/t13-/m0/s1. The number of hydrogen-bond acceptors (Lipinski definition) is 4. The molecular weight excluding hydrogens is 334 g/mol. The van der Waals surface area contributed by atoms with Crippen LogP contribution in [0.5, 0.6) is 0 Å². The first-order valence-electron chi connectivity index (χ1n) is 8.09. The molecule has 1 heterocycles. The van der Waals surface area contributed by atoms with E-state index in [1.165, 1.54) is 12.1 Å². The van der Waals surface area contributed by atoms with Crippen LogP contribution >= 0.6 is 0 Å². The van der Waals surface area contributed by atoms with Crippen molar-refractivity contribution in [1.29, 1.82) is 0 Å². The minimum absolute atomic E-state index is 0.0814. The summed E-state index contributed by atoms with van der Waals surface area (Å²) in [5.41, 5.74) is 0.180. The molecule has 1 atom stereocenters. The van der Waals surface area contributed by atoms with Crippen LogP contribution in [0.15, 0.2) is 18.2 Å². The number of likely N-dealkylation sites (N-methyl/N-ethyl adjacent to an activating group) is 1. The quantitative estimate of drug-likeness (QED) is 0.793. The molecule has 6 nitrogen and oxygen atoms in total. The van der Waals surface area contributed by atoms with Gasteiger partial charge < -0.3 is 14.7 Å². The van der Waals surface area contributed by atoms with E-state index in [-0.39, 0.29) is 37.0 Å². The van der Waals surface area contributed by atoms with Gasteiger partial charge in [0, 0.05) is 26.1 Å². The van der Waals surface area contributed by atoms with Gasteiger partial charge in [-0.15, -0.1) is 0 Å². The smallest absolute Gasteiger partial charge is 0.317 e. The Kier molecular flexibility index (Phi) is 6.83. The highest BCUT2D eigenvalue weighted by molar-refractivity contribution is 5.76. The molecule has 1 aliphatic heterocycles. The summed E-state index contributed by atoms with van der Waals surface area (Å²) in [5, 5.41) is 8.77. The van der Waals surface area contributed by atoms with Gasteiger partial charge >= 0.3 is 5.97 Å². The van der Waals surface area contributed by atoms with E-state index in [0.29, 0.717) is 26.2 Å². The first-order valence-corrected chi connectivity index (χ1v) is 8.09. The van der Waals surface area contributed by atoms with Gasteiger partial charge in [-0.1, -0.05) is 12.1 Å². The maximum absolute atomic E-state index is 13.6. The van der Waals surface area contributed by atoms with Crippen molar-refractivity contribution >= 4 is 11.9 Å². The summed E-state index contributed by atoms with van der Waals surface area (Å²) >= 11 is 0. The number of carboxylic acids is 1. The van der Waals surface area contributed by atoms with E-state index in [4.69, 9.17) is 9.84 Å². The number of rotatable bonds is 7. The predicted molar refractivity (Wildman–Crippen MR) is 86.1 cm³/mol. The number of benzene rings is 1. The van der Waals surface area contributed by atoms with Gasteiger partial charge in [-0.2, -0.15) is 0 Å². The van der Waals surface area contributed by atoms with Crippen LogP contribution in [0.1, 0.15) is 12.0 Å². The highest BCUT2D eigenvalue weighted by atomic mass is 19.2. The summed E-state index contributed by atoms with van der Waals surface area (Å²) in [7, 11) is 1.67. The number of hydrogen-bond donors (Lipinski definition) is 1. The van der Waals surface area contributed by atoms with E-state index in [2.05, 4.69) is 0 Å². The Morgan fingerprint density at radius 2 is 2.16 bits per heavy atom. The van der Waals surface area contributed by atoms with Crippen LogP contribution in [-0.4, -0.2) is 72.7 Å². The molecule has 0 aliphatic carbocycles. The summed E-state index contributed by atoms with van der Waals surface area (Å²) in [6.07, 6.45) is -0.0607. The summed E-state index contributed by atoms with van der Waals surface area (Å²) < 4.78 is 32.4. The van der Waals surface area contributed by atoms with Crippen LogP contribution < -0.4 is 0 Å². The Bertz CT molecular complexity index is 627. The lowest BCUT2D eigenvalue weighted by atomic mass is 10.1. The number of ether oxygens (including phenoxy) is 1. The lowest BCUT2D eigenvalue weighted by Gasteiger charge is -2.34. The molecule has 8 heteroatoms. The Hall–Kier alpha value is -2.06. The molecule has 25 heavy (non-hydrogen) atoms. The molecule has 1 N–H and O–H groups in total. The number of carbonyl (C=O) groups excluding carboxylic acids is 1. The molecule has 0 bridgehead atoms. The second-order valence-electron chi connectivity index (χ2n) is 6.14. The Balaban J connectivity index is 1.84. The zero-order valence-corrected chi connectivity index (χ0v) is 14.1. The van der Waals surface area contributed by atoms with Crippen molar-refractivity contribution in [2.45, 2.75) is 18.9 Å². The van der Waals surface area contributed by atoms with Gasteiger partial charge in [-0.05, 0) is 25.1 Å². The fourth-order valence-corrected chi connectivity index (χ4v) is 2.84. The SMILES string of the molecule is CN(CC(=O)O)C[C@H]1CN(C(=O)CCc2cccc(F)c2F)CCO1. The van der Waals surface area contributed by atoms with Crippen molar-refractivity contribution < 1.29 is 28.2 Å². The average Bonchev–Trinajstić information content (AvgIpc) is 2.55. The molecule has 1 aromatic carbocycles. The van der Waals surface area contributed by atoms with Gasteiger partial charge in [-0.3, -0.25) is 14.5 Å². The molecule has 0 spiro atoms. The third-order valence-electron chi connectivity index (χ3n) is 4.05. The number of carbonyl (C=O) groups is 2. The summed E-state index contributed by atoms with van der Waals surface area (Å²) in [6, 6.07) is 3.93. The summed E-state index contributed by atoms with van der Waals surface area (Å²) in [4.78, 5) is 26.3. The van der Waals surface area contributed by atoms with Crippen molar-refractivity contribution in [3.8, 4) is 0 Å². The summed E-state index contributed by atoms with van der Waals surface area (Å²) in [6.45, 7) is 1.45. The first kappa shape index (κ1) is 19.3. The van der Waals surface area contributed by atoms with E-state index in [1.54, 1.807) is 16.8 Å². The highest BCUT2D eigenvalue weighted by Crippen LogP contribution is 2.15. The molecule has 1 saturated heterocycles. The third-order valence-corrected chi connectivity index (χ3v) is 4.05. The van der Waals surface area contributed by atoms with Crippen molar-refractivity contribution in [2.24, 2.45) is 0 Å². The number of halogens is 2. The van der Waals surface area contributed by atoms with Crippen LogP contribution in [0.3, 0.4) is 0 Å². The maximum Gasteiger partial charge on any atom is 0.317 e. The number of aryl methyl sites for hydroxylation is 1. The zero-order chi connectivity index (χ0) is 18.4. The normalized spacial score (nSPS) is 17.8. The minimum atomic E-state index is -0.927. The zero-order valence-electron chi connectivity index (χ0n) is 14.1. The minimum Gasteiger partial charge on any atom is -0.480 e. The molecule has 1 aliphatic rings. The van der Waals surface area contributed by atoms with Gasteiger partial charge in [0.1, 0.15) is 0 Å². The fraction of sp³-hybridized carbons (Fsp3) is 0.529. The molecule has 0 saturated carbocycles. The second kappa shape index (κ2) is 8.87. The lowest BCUT2D eigenvalue weighted by Crippen LogP contribution is -2.49. The van der Waals surface area contributed by atoms with Gasteiger partial charge in [0.25, 0.3) is 0 Å². The van der Waals surface area contributed by atoms with Crippen molar-refractivity contribution in [3.63, 3.8) is 0 Å². The number of nitrogens with zero attached hydrogens (tertiary/aromatic N) is 2. The topological polar surface area (TPSA) is 70.1 Å². The van der Waals surface area contributed by atoms with E-state index in [0.717, 1.165) is 6.07 Å². The lowest BCUT2D eigenvalue weighted by molar-refractivity contribution is -0.142. The molecule has 2 rings (SSSR count). The highest BCUT2D eigenvalue weighted by Gasteiger charge is 2.25. The maximum atomic E-state index is 13.6. The predicted octanol–water partition coefficient (Wildman–Crippen LogP) is 1.14. The third kappa shape index (κ3) is 5.75. The van der Waals surface area contributed by atoms with Crippen LogP contribution in [0, 0.1) is 11.6 Å². The van der Waals surface area contributed by atoms with E-state index < -0.39 is 17.6 Å². The van der Waals surface area contributed by atoms with Crippen LogP contribution in [0.25, 0.3) is 0 Å². The van der Waals surface area contributed by atoms with Crippen molar-refractivity contribution in [1.82, 2.24) is 9.80 Å². The number of carboxylic acid groups (broad SMARTS) is 1. The Morgan fingerprint density at radius 3 is 2.88 bits per heavy atom. The molecule has 1 amide bonds. The van der Waals surface area contributed by atoms with Crippen LogP contribution in [0.4, 0.5) is 8.78 Å². The molecular formula is C17H22F2N2O4. The number of aliphatic carboxylic acids is 1. The molecule has 0 unspecified atom stereocenters. The Morgan fingerprint density at radius 1 is 1.40 bits per heavy atom. The largest absolute Gasteiger partial charge is 0.480 e. The average molecular weight is 356 g/mol. The van der Waals surface area contributed by atoms with Crippen LogP contribution in [0.2, 0.25) is 0 Å². The first-order chi connectivity index (χ1) is 11.9. The number of morpholine rings is 1. The molecule has 1 aromatic rings. The van der Waals surface area contributed by atoms with Gasteiger partial charge in [-0.25, -0.2) is 8.78 Å². The molecule has 138 valence electrons. The fourth-order valence-electron chi connectivity index (χ4n) is 2.84. The monoisotopic (exact) mass is 356 g/mol. The van der Waals surface area contributed by atoms with E-state index >= 15 is 0 Å². The molecule has 1 fully saturated rings. The van der Waals surface area contributed by atoms with Crippen molar-refractivity contribution in [3.05, 3.63) is 35.4 Å². The Labute approximate surface area is 145 Å². The second-order valence-corrected chi connectivity index (χ2v) is 6.14.